The maximum absolute atomic E-state index is 11.9. The van der Waals surface area contributed by atoms with Crippen LogP contribution in [-0.4, -0.2) is 36.1 Å². The molecule has 1 saturated heterocycles. The fraction of sp³-hybridized carbons (Fsp3) is 0.923. The smallest absolute Gasteiger partial charge is 0.248 e. The van der Waals surface area contributed by atoms with E-state index in [2.05, 4.69) is 13.8 Å². The summed E-state index contributed by atoms with van der Waals surface area (Å²) < 4.78 is 5.51. The van der Waals surface area contributed by atoms with Gasteiger partial charge >= 0.3 is 0 Å². The summed E-state index contributed by atoms with van der Waals surface area (Å²) in [6, 6.07) is 0. The van der Waals surface area contributed by atoms with Crippen LogP contribution in [0.15, 0.2) is 0 Å². The molecule has 1 rings (SSSR count). The van der Waals surface area contributed by atoms with Gasteiger partial charge in [0.05, 0.1) is 5.60 Å². The number of carbonyl (C=O) groups excluding carboxylic acids is 1. The molecule has 0 spiro atoms. The first-order chi connectivity index (χ1) is 7.29. The van der Waals surface area contributed by atoms with Crippen LogP contribution in [0.5, 0.6) is 0 Å². The molecule has 0 bridgehead atoms. The molecule has 0 aromatic carbocycles. The second-order valence-electron chi connectivity index (χ2n) is 6.03. The Morgan fingerprint density at radius 2 is 2.06 bits per heavy atom. The van der Waals surface area contributed by atoms with Crippen molar-refractivity contribution in [2.45, 2.75) is 46.6 Å². The van der Waals surface area contributed by atoms with Crippen molar-refractivity contribution in [3.05, 3.63) is 0 Å². The molecule has 0 N–H and O–H groups in total. The van der Waals surface area contributed by atoms with Crippen molar-refractivity contribution in [3.63, 3.8) is 0 Å². The number of likely N-dealkylation sites (tertiary alicyclic amines) is 1. The first-order valence-electron chi connectivity index (χ1n) is 6.21. The van der Waals surface area contributed by atoms with Crippen molar-refractivity contribution in [1.29, 1.82) is 0 Å². The summed E-state index contributed by atoms with van der Waals surface area (Å²) in [6.45, 7) is 12.4. The first kappa shape index (κ1) is 13.5. The van der Waals surface area contributed by atoms with Crippen molar-refractivity contribution >= 4 is 5.91 Å². The van der Waals surface area contributed by atoms with Crippen molar-refractivity contribution in [2.24, 2.45) is 11.8 Å². The summed E-state index contributed by atoms with van der Waals surface area (Å²) in [5.41, 5.74) is -0.229. The van der Waals surface area contributed by atoms with Crippen LogP contribution in [0.1, 0.15) is 41.0 Å². The highest BCUT2D eigenvalue weighted by Crippen LogP contribution is 2.23. The van der Waals surface area contributed by atoms with Crippen LogP contribution < -0.4 is 0 Å². The first-order valence-corrected chi connectivity index (χ1v) is 6.21. The number of hydrogen-bond acceptors (Lipinski definition) is 2. The molecule has 1 atom stereocenters. The zero-order valence-corrected chi connectivity index (χ0v) is 11.2. The average molecular weight is 227 g/mol. The monoisotopic (exact) mass is 227 g/mol. The lowest BCUT2D eigenvalue weighted by atomic mass is 9.95. The van der Waals surface area contributed by atoms with E-state index in [1.54, 1.807) is 0 Å². The molecular formula is C13H25NO2. The van der Waals surface area contributed by atoms with Gasteiger partial charge in [0.2, 0.25) is 5.91 Å². The molecule has 0 saturated carbocycles. The molecule has 94 valence electrons. The van der Waals surface area contributed by atoms with E-state index in [4.69, 9.17) is 4.74 Å². The molecule has 3 heteroatoms. The van der Waals surface area contributed by atoms with Crippen LogP contribution in [0.25, 0.3) is 0 Å². The fourth-order valence-corrected chi connectivity index (χ4v) is 1.93. The van der Waals surface area contributed by atoms with Gasteiger partial charge in [-0.3, -0.25) is 4.79 Å². The van der Waals surface area contributed by atoms with Crippen molar-refractivity contribution in [3.8, 4) is 0 Å². The number of rotatable bonds is 3. The molecule has 0 aromatic rings. The largest absolute Gasteiger partial charge is 0.366 e. The van der Waals surface area contributed by atoms with Gasteiger partial charge in [-0.15, -0.1) is 0 Å². The van der Waals surface area contributed by atoms with Gasteiger partial charge in [0.15, 0.2) is 0 Å². The minimum absolute atomic E-state index is 0.137. The Hall–Kier alpha value is -0.570. The summed E-state index contributed by atoms with van der Waals surface area (Å²) in [5, 5.41) is 0. The standard InChI is InChI=1S/C13H25NO2/c1-10(2)11-6-7-14(8-11)12(15)9-16-13(3,4)5/h10-11H,6-9H2,1-5H3. The number of amides is 1. The quantitative estimate of drug-likeness (QED) is 0.740. The predicted octanol–water partition coefficient (Wildman–Crippen LogP) is 2.31. The van der Waals surface area contributed by atoms with Crippen molar-refractivity contribution in [2.75, 3.05) is 19.7 Å². The Bertz CT molecular complexity index is 243. The van der Waals surface area contributed by atoms with Crippen LogP contribution in [0, 0.1) is 11.8 Å². The molecule has 1 amide bonds. The lowest BCUT2D eigenvalue weighted by Gasteiger charge is -2.22. The zero-order chi connectivity index (χ0) is 12.3. The van der Waals surface area contributed by atoms with Gasteiger partial charge < -0.3 is 9.64 Å². The van der Waals surface area contributed by atoms with Gasteiger partial charge in [0.25, 0.3) is 0 Å². The number of hydrogen-bond donors (Lipinski definition) is 0. The van der Waals surface area contributed by atoms with Crippen LogP contribution in [0.3, 0.4) is 0 Å². The second-order valence-corrected chi connectivity index (χ2v) is 6.03. The zero-order valence-electron chi connectivity index (χ0n) is 11.2. The fourth-order valence-electron chi connectivity index (χ4n) is 1.93. The Kier molecular flexibility index (Phi) is 4.36. The molecular weight excluding hydrogens is 202 g/mol. The van der Waals surface area contributed by atoms with Gasteiger partial charge in [0.1, 0.15) is 6.61 Å². The maximum atomic E-state index is 11.9. The molecule has 0 radical (unpaired) electrons. The highest BCUT2D eigenvalue weighted by Gasteiger charge is 2.28. The number of ether oxygens (including phenoxy) is 1. The van der Waals surface area contributed by atoms with E-state index >= 15 is 0 Å². The Morgan fingerprint density at radius 1 is 1.44 bits per heavy atom. The molecule has 0 aliphatic carbocycles. The third-order valence-electron chi connectivity index (χ3n) is 3.15. The number of nitrogens with zero attached hydrogens (tertiary/aromatic N) is 1. The van der Waals surface area contributed by atoms with E-state index < -0.39 is 0 Å². The topological polar surface area (TPSA) is 29.5 Å². The van der Waals surface area contributed by atoms with E-state index in [0.29, 0.717) is 11.8 Å². The second kappa shape index (κ2) is 5.17. The lowest BCUT2D eigenvalue weighted by Crippen LogP contribution is -2.35. The van der Waals surface area contributed by atoms with Crippen LogP contribution >= 0.6 is 0 Å². The summed E-state index contributed by atoms with van der Waals surface area (Å²) in [4.78, 5) is 13.8. The van der Waals surface area contributed by atoms with Gasteiger partial charge in [-0.2, -0.15) is 0 Å². The summed E-state index contributed by atoms with van der Waals surface area (Å²) in [7, 11) is 0. The minimum atomic E-state index is -0.229. The molecule has 1 fully saturated rings. The average Bonchev–Trinajstić information content (AvgIpc) is 2.61. The van der Waals surface area contributed by atoms with Crippen molar-refractivity contribution in [1.82, 2.24) is 4.90 Å². The van der Waals surface area contributed by atoms with Gasteiger partial charge in [-0.05, 0) is 39.0 Å². The van der Waals surface area contributed by atoms with Crippen LogP contribution in [0.2, 0.25) is 0 Å². The molecule has 1 aliphatic rings. The van der Waals surface area contributed by atoms with E-state index in [0.717, 1.165) is 19.5 Å². The Labute approximate surface area is 99.1 Å². The van der Waals surface area contributed by atoms with E-state index in [-0.39, 0.29) is 18.1 Å². The molecule has 3 nitrogen and oxygen atoms in total. The van der Waals surface area contributed by atoms with E-state index in [9.17, 15) is 4.79 Å². The normalized spacial score (nSPS) is 21.9. The van der Waals surface area contributed by atoms with Crippen LogP contribution in [0.4, 0.5) is 0 Å². The Balaban J connectivity index is 2.34. The molecule has 16 heavy (non-hydrogen) atoms. The summed E-state index contributed by atoms with van der Waals surface area (Å²) in [6.07, 6.45) is 1.14. The van der Waals surface area contributed by atoms with Gasteiger partial charge in [-0.1, -0.05) is 13.8 Å². The summed E-state index contributed by atoms with van der Waals surface area (Å²) >= 11 is 0. The SMILES string of the molecule is CC(C)C1CCN(C(=O)COC(C)(C)C)C1. The third kappa shape index (κ3) is 4.12. The summed E-state index contributed by atoms with van der Waals surface area (Å²) in [5.74, 6) is 1.47. The highest BCUT2D eigenvalue weighted by molar-refractivity contribution is 5.77. The molecule has 1 aliphatic heterocycles. The lowest BCUT2D eigenvalue weighted by molar-refractivity contribution is -0.140. The maximum Gasteiger partial charge on any atom is 0.248 e. The van der Waals surface area contributed by atoms with Gasteiger partial charge in [-0.25, -0.2) is 0 Å². The number of carbonyl (C=O) groups is 1. The van der Waals surface area contributed by atoms with E-state index in [1.807, 2.05) is 25.7 Å². The minimum Gasteiger partial charge on any atom is -0.366 e. The van der Waals surface area contributed by atoms with Crippen LogP contribution in [-0.2, 0) is 9.53 Å². The van der Waals surface area contributed by atoms with Crippen molar-refractivity contribution < 1.29 is 9.53 Å². The third-order valence-corrected chi connectivity index (χ3v) is 3.15. The van der Waals surface area contributed by atoms with Gasteiger partial charge in [0, 0.05) is 13.1 Å². The highest BCUT2D eigenvalue weighted by atomic mass is 16.5. The predicted molar refractivity (Wildman–Crippen MR) is 65.2 cm³/mol. The molecule has 0 aromatic heterocycles. The Morgan fingerprint density at radius 3 is 2.50 bits per heavy atom. The molecule has 1 heterocycles. The molecule has 1 unspecified atom stereocenters. The van der Waals surface area contributed by atoms with E-state index in [1.165, 1.54) is 0 Å².